The zero-order chi connectivity index (χ0) is 76.4. The summed E-state index contributed by atoms with van der Waals surface area (Å²) < 4.78 is 3.50. The van der Waals surface area contributed by atoms with Crippen LogP contribution in [0.2, 0.25) is 15.9 Å². The summed E-state index contributed by atoms with van der Waals surface area (Å²) in [4.78, 5) is 59.5. The van der Waals surface area contributed by atoms with Crippen LogP contribution in [-0.4, -0.2) is 59.8 Å². The van der Waals surface area contributed by atoms with Gasteiger partial charge in [-0.15, -0.1) is 34.0 Å². The van der Waals surface area contributed by atoms with Gasteiger partial charge in [-0.3, -0.25) is 0 Å². The Morgan fingerprint density at radius 2 is 0.456 bits per heavy atom. The van der Waals surface area contributed by atoms with E-state index in [1.165, 1.54) is 9.40 Å². The molecule has 0 bridgehead atoms. The third-order valence-corrected chi connectivity index (χ3v) is 23.2. The Balaban J connectivity index is 0.000000115. The van der Waals surface area contributed by atoms with Crippen molar-refractivity contribution in [2.24, 2.45) is 0 Å². The molecule has 9 aromatic heterocycles. The molecule has 114 heavy (non-hydrogen) atoms. The average molecular weight is 1580 g/mol. The molecule has 0 aliphatic carbocycles. The van der Waals surface area contributed by atoms with E-state index in [1.807, 2.05) is 200 Å². The highest BCUT2D eigenvalue weighted by Gasteiger charge is 2.22. The van der Waals surface area contributed by atoms with E-state index in [0.717, 1.165) is 169 Å². The van der Waals surface area contributed by atoms with E-state index in [1.54, 1.807) is 34.0 Å². The van der Waals surface area contributed by atoms with Crippen LogP contribution in [0.3, 0.4) is 0 Å². The van der Waals surface area contributed by atoms with Gasteiger partial charge in [-0.25, -0.2) is 59.8 Å². The maximum Gasteiger partial charge on any atom is 0.224 e. The third-order valence-electron chi connectivity index (χ3n) is 19.5. The van der Waals surface area contributed by atoms with Crippen molar-refractivity contribution in [2.75, 3.05) is 0 Å². The van der Waals surface area contributed by atoms with Gasteiger partial charge in [0.25, 0.3) is 0 Å². The first kappa shape index (κ1) is 71.0. The van der Waals surface area contributed by atoms with Gasteiger partial charge in [0.05, 0.1) is 45.6 Å². The Bertz CT molecular complexity index is 6710. The predicted molar refractivity (Wildman–Crippen MR) is 472 cm³/mol. The minimum absolute atomic E-state index is 0.245. The predicted octanol–water partition coefficient (Wildman–Crippen LogP) is 26.9. The Morgan fingerprint density at radius 3 is 0.807 bits per heavy atom. The summed E-state index contributed by atoms with van der Waals surface area (Å²) in [7, 11) is 0. The van der Waals surface area contributed by atoms with Crippen LogP contribution in [0.15, 0.2) is 346 Å². The molecular weight excluding hydrogens is 1520 g/mol. The van der Waals surface area contributed by atoms with Crippen molar-refractivity contribution in [3.63, 3.8) is 0 Å². The first-order valence-corrected chi connectivity index (χ1v) is 40.1. The quantitative estimate of drug-likeness (QED) is 0.107. The number of thiophene rings is 3. The summed E-state index contributed by atoms with van der Waals surface area (Å²) >= 11 is 23.9. The van der Waals surface area contributed by atoms with Crippen molar-refractivity contribution < 1.29 is 0 Å². The highest BCUT2D eigenvalue weighted by molar-refractivity contribution is 7.26. The number of fused-ring (bicyclic) bond motifs is 9. The second-order valence-electron chi connectivity index (χ2n) is 26.7. The normalized spacial score (nSPS) is 11.3. The molecule has 12 aromatic carbocycles. The molecule has 0 fully saturated rings. The smallest absolute Gasteiger partial charge is 0.224 e. The average Bonchev–Trinajstić information content (AvgIpc) is 1.46. The summed E-state index contributed by atoms with van der Waals surface area (Å²) in [5, 5.41) is 7.24. The molecule has 9 heterocycles. The van der Waals surface area contributed by atoms with Gasteiger partial charge in [0.2, 0.25) is 15.9 Å². The molecule has 12 nitrogen and oxygen atoms in total. The van der Waals surface area contributed by atoms with Gasteiger partial charge in [0.1, 0.15) is 14.5 Å². The molecule has 0 saturated heterocycles. The minimum Gasteiger partial charge on any atom is -0.236 e. The van der Waals surface area contributed by atoms with Gasteiger partial charge in [-0.2, -0.15) is 0 Å². The Kier molecular flexibility index (Phi) is 19.6. The number of rotatable bonds is 12. The van der Waals surface area contributed by atoms with Crippen molar-refractivity contribution in [1.29, 1.82) is 0 Å². The first-order valence-electron chi connectivity index (χ1n) is 36.5. The molecule has 540 valence electrons. The maximum atomic E-state index is 6.35. The molecule has 0 radical (unpaired) electrons. The molecule has 0 aliphatic heterocycles. The lowest BCUT2D eigenvalue weighted by atomic mass is 9.98. The number of hydrogen-bond donors (Lipinski definition) is 0. The van der Waals surface area contributed by atoms with E-state index in [4.69, 9.17) is 64.7 Å². The molecule has 0 atom stereocenters. The van der Waals surface area contributed by atoms with E-state index in [2.05, 4.69) is 175 Å². The Hall–Kier alpha value is -13.4. The molecule has 0 spiro atoms. The van der Waals surface area contributed by atoms with Gasteiger partial charge in [-0.1, -0.05) is 309 Å². The first-order chi connectivity index (χ1) is 56.2. The molecule has 0 aliphatic rings. The lowest BCUT2D eigenvalue weighted by Gasteiger charge is -2.12. The summed E-state index contributed by atoms with van der Waals surface area (Å²) in [6, 6.07) is 115. The second-order valence-corrected chi connectivity index (χ2v) is 30.8. The standard InChI is InChI=1S/3C32H19ClN4S/c33-32-36-29(27-24-13-7-8-14-26(24)38-31(27)37-32)22-17-15-20(16-18-22)25-19-34-30(23-11-5-2-6-12-23)35-28(25)21-9-3-1-4-10-21;33-32-36-29(28-24-13-7-8-14-27(24)38-31(28)37-32)22-17-15-21(16-18-22)26-19-25(20-9-3-1-4-10-20)34-30(35-26)23-11-5-2-6-12-23;33-32-36-29(28-24-13-7-8-14-27(24)38-31(28)37-32)22-15-17-23(18-16-22)30-34-25(20-9-3-1-4-10-20)19-26(35-30)21-11-5-2-6-12-21/h3*1-19H. The fraction of sp³-hybridized carbons (Fsp3) is 0. The van der Waals surface area contributed by atoms with Gasteiger partial charge < -0.3 is 0 Å². The van der Waals surface area contributed by atoms with Crippen molar-refractivity contribution in [1.82, 2.24) is 59.8 Å². The summed E-state index contributed by atoms with van der Waals surface area (Å²) in [6.07, 6.45) is 1.92. The number of nitrogens with zero attached hydrogens (tertiary/aromatic N) is 12. The molecular formula is C96H57Cl3N12S3. The van der Waals surface area contributed by atoms with Crippen molar-refractivity contribution in [3.05, 3.63) is 362 Å². The molecule has 18 heteroatoms. The Labute approximate surface area is 681 Å². The van der Waals surface area contributed by atoms with Crippen LogP contribution >= 0.6 is 68.8 Å². The molecule has 0 saturated carbocycles. The zero-order valence-electron chi connectivity index (χ0n) is 60.1. The molecule has 21 rings (SSSR count). The molecule has 0 N–H and O–H groups in total. The molecule has 0 amide bonds. The zero-order valence-corrected chi connectivity index (χ0v) is 64.9. The van der Waals surface area contributed by atoms with Crippen LogP contribution in [0.1, 0.15) is 0 Å². The van der Waals surface area contributed by atoms with Gasteiger partial charge in [0.15, 0.2) is 17.5 Å². The lowest BCUT2D eigenvalue weighted by molar-refractivity contribution is 1.18. The van der Waals surface area contributed by atoms with Crippen LogP contribution in [0, 0.1) is 0 Å². The van der Waals surface area contributed by atoms with Crippen molar-refractivity contribution in [3.8, 4) is 135 Å². The SMILES string of the molecule is Clc1nc(-c2ccc(-c3cc(-c4ccccc4)nc(-c4ccccc4)n3)cc2)c2c(n1)sc1ccccc12.Clc1nc(-c2ccc(-c3cnc(-c4ccccc4)nc3-c3ccccc3)cc2)c2c(n1)sc1ccccc12.Clc1nc(-c2ccc(-c3nc(-c4ccccc4)cc(-c4ccccc4)n3)cc2)c2c(n1)sc1ccccc12. The van der Waals surface area contributed by atoms with Crippen molar-refractivity contribution >= 4 is 130 Å². The van der Waals surface area contributed by atoms with E-state index in [0.29, 0.717) is 17.5 Å². The fourth-order valence-electron chi connectivity index (χ4n) is 14.1. The van der Waals surface area contributed by atoms with Crippen molar-refractivity contribution in [2.45, 2.75) is 0 Å². The summed E-state index contributed by atoms with van der Waals surface area (Å²) in [5.41, 5.74) is 19.9. The summed E-state index contributed by atoms with van der Waals surface area (Å²) in [5.74, 6) is 2.07. The van der Waals surface area contributed by atoms with E-state index >= 15 is 0 Å². The summed E-state index contributed by atoms with van der Waals surface area (Å²) in [6.45, 7) is 0. The molecule has 21 aromatic rings. The number of aromatic nitrogens is 12. The highest BCUT2D eigenvalue weighted by atomic mass is 35.5. The van der Waals surface area contributed by atoms with Crippen LogP contribution in [-0.2, 0) is 0 Å². The highest BCUT2D eigenvalue weighted by Crippen LogP contribution is 2.44. The van der Waals surface area contributed by atoms with Gasteiger partial charge >= 0.3 is 0 Å². The number of benzene rings is 12. The van der Waals surface area contributed by atoms with Crippen LogP contribution < -0.4 is 0 Å². The lowest BCUT2D eigenvalue weighted by Crippen LogP contribution is -1.96. The van der Waals surface area contributed by atoms with Crippen LogP contribution in [0.4, 0.5) is 0 Å². The minimum atomic E-state index is 0.245. The number of hydrogen-bond acceptors (Lipinski definition) is 15. The second kappa shape index (κ2) is 31.4. The van der Waals surface area contributed by atoms with Gasteiger partial charge in [0, 0.05) is 119 Å². The maximum absolute atomic E-state index is 6.35. The Morgan fingerprint density at radius 1 is 0.202 bits per heavy atom. The monoisotopic (exact) mass is 1580 g/mol. The number of halogens is 3. The van der Waals surface area contributed by atoms with Crippen LogP contribution in [0.25, 0.3) is 196 Å². The van der Waals surface area contributed by atoms with E-state index < -0.39 is 0 Å². The largest absolute Gasteiger partial charge is 0.236 e. The third kappa shape index (κ3) is 14.5. The topological polar surface area (TPSA) is 155 Å². The fourth-order valence-corrected chi connectivity index (χ4v) is 18.0. The van der Waals surface area contributed by atoms with E-state index in [9.17, 15) is 0 Å². The van der Waals surface area contributed by atoms with Gasteiger partial charge in [-0.05, 0) is 70.7 Å². The van der Waals surface area contributed by atoms with Crippen LogP contribution in [0.5, 0.6) is 0 Å². The van der Waals surface area contributed by atoms with E-state index in [-0.39, 0.29) is 15.9 Å². The molecule has 0 unspecified atom stereocenters.